The number of imide groups is 1. The maximum Gasteiger partial charge on any atom is 0.325 e. The highest BCUT2D eigenvalue weighted by atomic mass is 16.7. The largest absolute Gasteiger partial charge is 0.454 e. The molecule has 2 aliphatic rings. The molecule has 134 valence electrons. The highest BCUT2D eigenvalue weighted by Gasteiger charge is 2.50. The molecule has 0 aliphatic carbocycles. The lowest BCUT2D eigenvalue weighted by Crippen LogP contribution is -2.48. The fourth-order valence-corrected chi connectivity index (χ4v) is 2.85. The molecule has 4 amide bonds. The Morgan fingerprint density at radius 2 is 1.96 bits per heavy atom. The molecule has 3 rings (SSSR count). The number of urea groups is 1. The van der Waals surface area contributed by atoms with E-state index in [9.17, 15) is 14.4 Å². The van der Waals surface area contributed by atoms with Crippen LogP contribution in [0.1, 0.15) is 33.3 Å². The van der Waals surface area contributed by atoms with Gasteiger partial charge in [-0.15, -0.1) is 0 Å². The average molecular weight is 347 g/mol. The van der Waals surface area contributed by atoms with Crippen LogP contribution in [0.3, 0.4) is 0 Å². The third-order valence-electron chi connectivity index (χ3n) is 4.04. The number of rotatable bonds is 3. The summed E-state index contributed by atoms with van der Waals surface area (Å²) in [6.07, 6.45) is 0. The molecule has 1 saturated heterocycles. The Kier molecular flexibility index (Phi) is 3.85. The van der Waals surface area contributed by atoms with Crippen molar-refractivity contribution in [2.24, 2.45) is 0 Å². The molecule has 1 fully saturated rings. The van der Waals surface area contributed by atoms with Crippen molar-refractivity contribution in [3.63, 3.8) is 0 Å². The zero-order valence-corrected chi connectivity index (χ0v) is 14.6. The Hall–Kier alpha value is -2.77. The predicted molar refractivity (Wildman–Crippen MR) is 88.1 cm³/mol. The van der Waals surface area contributed by atoms with Crippen molar-refractivity contribution in [1.29, 1.82) is 0 Å². The Labute approximate surface area is 145 Å². The standard InChI is InChI=1S/C17H21N3O5/c1-16(2,3)18-13(21)8-20-14(22)17(4,19-15(20)23)10-5-6-11-12(7-10)25-9-24-11/h5-7H,8-9H2,1-4H3,(H,18,21)(H,19,23)/t17-/m0/s1. The number of amides is 4. The van der Waals surface area contributed by atoms with Crippen LogP contribution in [0.25, 0.3) is 0 Å². The summed E-state index contributed by atoms with van der Waals surface area (Å²) in [4.78, 5) is 38.1. The molecule has 0 aromatic heterocycles. The predicted octanol–water partition coefficient (Wildman–Crippen LogP) is 1.10. The average Bonchev–Trinajstić information content (AvgIpc) is 3.04. The van der Waals surface area contributed by atoms with Crippen LogP contribution in [0.2, 0.25) is 0 Å². The van der Waals surface area contributed by atoms with Gasteiger partial charge in [0.25, 0.3) is 5.91 Å². The quantitative estimate of drug-likeness (QED) is 0.798. The molecule has 2 aliphatic heterocycles. The molecular formula is C17H21N3O5. The SMILES string of the molecule is CC(C)(C)NC(=O)CN1C(=O)N[C@@](C)(c2ccc3c(c2)OCO3)C1=O. The van der Waals surface area contributed by atoms with Gasteiger partial charge in [0.05, 0.1) is 0 Å². The van der Waals surface area contributed by atoms with Gasteiger partial charge in [0.1, 0.15) is 12.1 Å². The second-order valence-corrected chi connectivity index (χ2v) is 7.31. The summed E-state index contributed by atoms with van der Waals surface area (Å²) in [7, 11) is 0. The van der Waals surface area contributed by atoms with Gasteiger partial charge in [0.2, 0.25) is 12.7 Å². The summed E-state index contributed by atoms with van der Waals surface area (Å²) in [5.41, 5.74) is -1.15. The van der Waals surface area contributed by atoms with Gasteiger partial charge in [-0.3, -0.25) is 14.5 Å². The van der Waals surface area contributed by atoms with Crippen molar-refractivity contribution in [2.45, 2.75) is 38.8 Å². The molecule has 1 atom stereocenters. The van der Waals surface area contributed by atoms with E-state index in [4.69, 9.17) is 9.47 Å². The molecule has 2 N–H and O–H groups in total. The third-order valence-corrected chi connectivity index (χ3v) is 4.04. The van der Waals surface area contributed by atoms with Crippen molar-refractivity contribution < 1.29 is 23.9 Å². The first-order valence-corrected chi connectivity index (χ1v) is 7.95. The summed E-state index contributed by atoms with van der Waals surface area (Å²) in [5, 5.41) is 5.41. The van der Waals surface area contributed by atoms with E-state index in [1.54, 1.807) is 25.1 Å². The fourth-order valence-electron chi connectivity index (χ4n) is 2.85. The van der Waals surface area contributed by atoms with Gasteiger partial charge in [-0.2, -0.15) is 0 Å². The van der Waals surface area contributed by atoms with Gasteiger partial charge in [-0.1, -0.05) is 6.07 Å². The van der Waals surface area contributed by atoms with Crippen molar-refractivity contribution in [3.05, 3.63) is 23.8 Å². The second kappa shape index (κ2) is 5.65. The zero-order valence-electron chi connectivity index (χ0n) is 14.6. The maximum atomic E-state index is 12.8. The smallest absolute Gasteiger partial charge is 0.325 e. The number of carbonyl (C=O) groups is 3. The Bertz CT molecular complexity index is 755. The lowest BCUT2D eigenvalue weighted by Gasteiger charge is -2.24. The lowest BCUT2D eigenvalue weighted by molar-refractivity contribution is -0.135. The number of hydrogen-bond donors (Lipinski definition) is 2. The molecule has 1 aromatic rings. The molecule has 8 nitrogen and oxygen atoms in total. The van der Waals surface area contributed by atoms with Gasteiger partial charge in [-0.25, -0.2) is 4.79 Å². The van der Waals surface area contributed by atoms with Gasteiger partial charge in [0, 0.05) is 5.54 Å². The number of fused-ring (bicyclic) bond motifs is 1. The summed E-state index contributed by atoms with van der Waals surface area (Å²) in [5.74, 6) is 0.224. The molecule has 25 heavy (non-hydrogen) atoms. The Morgan fingerprint density at radius 1 is 1.28 bits per heavy atom. The van der Waals surface area contributed by atoms with Crippen molar-refractivity contribution in [1.82, 2.24) is 15.5 Å². The van der Waals surface area contributed by atoms with Crippen molar-refractivity contribution in [3.8, 4) is 11.5 Å². The van der Waals surface area contributed by atoms with Gasteiger partial charge >= 0.3 is 6.03 Å². The van der Waals surface area contributed by atoms with Crippen LogP contribution in [0.5, 0.6) is 11.5 Å². The van der Waals surface area contributed by atoms with Crippen LogP contribution < -0.4 is 20.1 Å². The van der Waals surface area contributed by atoms with E-state index >= 15 is 0 Å². The zero-order chi connectivity index (χ0) is 18.4. The van der Waals surface area contributed by atoms with Crippen LogP contribution in [-0.2, 0) is 15.1 Å². The van der Waals surface area contributed by atoms with Crippen molar-refractivity contribution >= 4 is 17.8 Å². The number of benzene rings is 1. The van der Waals surface area contributed by atoms with Crippen LogP contribution >= 0.6 is 0 Å². The van der Waals surface area contributed by atoms with E-state index in [-0.39, 0.29) is 13.3 Å². The lowest BCUT2D eigenvalue weighted by atomic mass is 9.91. The van der Waals surface area contributed by atoms with E-state index < -0.39 is 28.9 Å². The second-order valence-electron chi connectivity index (χ2n) is 7.31. The Balaban J connectivity index is 1.81. The molecule has 8 heteroatoms. The molecule has 0 saturated carbocycles. The third kappa shape index (κ3) is 3.11. The van der Waals surface area contributed by atoms with E-state index in [2.05, 4.69) is 10.6 Å². The first-order valence-electron chi connectivity index (χ1n) is 7.95. The van der Waals surface area contributed by atoms with Crippen LogP contribution in [-0.4, -0.2) is 41.6 Å². The molecule has 0 radical (unpaired) electrons. The number of hydrogen-bond acceptors (Lipinski definition) is 5. The summed E-state index contributed by atoms with van der Waals surface area (Å²) >= 11 is 0. The minimum atomic E-state index is -1.26. The fraction of sp³-hybridized carbons (Fsp3) is 0.471. The molecule has 0 spiro atoms. The minimum absolute atomic E-state index is 0.120. The van der Waals surface area contributed by atoms with Crippen LogP contribution in [0, 0.1) is 0 Å². The van der Waals surface area contributed by atoms with Crippen molar-refractivity contribution in [2.75, 3.05) is 13.3 Å². The van der Waals surface area contributed by atoms with Gasteiger partial charge < -0.3 is 20.1 Å². The molecule has 0 unspecified atom stereocenters. The number of nitrogens with one attached hydrogen (secondary N) is 2. The van der Waals surface area contributed by atoms with Crippen LogP contribution in [0.4, 0.5) is 4.79 Å². The molecular weight excluding hydrogens is 326 g/mol. The number of carbonyl (C=O) groups excluding carboxylic acids is 3. The molecule has 0 bridgehead atoms. The molecule has 2 heterocycles. The van der Waals surface area contributed by atoms with E-state index in [1.165, 1.54) is 0 Å². The molecule has 1 aromatic carbocycles. The summed E-state index contributed by atoms with van der Waals surface area (Å²) in [6.45, 7) is 6.87. The summed E-state index contributed by atoms with van der Waals surface area (Å²) in [6, 6.07) is 4.45. The highest BCUT2D eigenvalue weighted by molar-refractivity contribution is 6.09. The van der Waals surface area contributed by atoms with E-state index in [0.29, 0.717) is 17.1 Å². The topological polar surface area (TPSA) is 97.0 Å². The number of ether oxygens (including phenoxy) is 2. The monoisotopic (exact) mass is 347 g/mol. The normalized spacial score (nSPS) is 22.2. The highest BCUT2D eigenvalue weighted by Crippen LogP contribution is 2.37. The minimum Gasteiger partial charge on any atom is -0.454 e. The Morgan fingerprint density at radius 3 is 2.64 bits per heavy atom. The summed E-state index contributed by atoms with van der Waals surface area (Å²) < 4.78 is 10.6. The van der Waals surface area contributed by atoms with Gasteiger partial charge in [0.15, 0.2) is 11.5 Å². The first kappa shape index (κ1) is 17.1. The van der Waals surface area contributed by atoms with E-state index in [1.807, 2.05) is 20.8 Å². The van der Waals surface area contributed by atoms with Crippen LogP contribution in [0.15, 0.2) is 18.2 Å². The van der Waals surface area contributed by atoms with Gasteiger partial charge in [-0.05, 0) is 45.4 Å². The maximum absolute atomic E-state index is 12.8. The number of nitrogens with zero attached hydrogens (tertiary/aromatic N) is 1. The van der Waals surface area contributed by atoms with E-state index in [0.717, 1.165) is 4.90 Å². The first-order chi connectivity index (χ1) is 11.6.